The van der Waals surface area contributed by atoms with Gasteiger partial charge in [-0.1, -0.05) is 12.1 Å². The van der Waals surface area contributed by atoms with Gasteiger partial charge in [-0.3, -0.25) is 4.79 Å². The van der Waals surface area contributed by atoms with Gasteiger partial charge in [0.25, 0.3) is 0 Å². The van der Waals surface area contributed by atoms with Crippen molar-refractivity contribution in [1.82, 2.24) is 0 Å². The van der Waals surface area contributed by atoms with Crippen LogP contribution in [0.4, 0.5) is 0 Å². The first-order valence-corrected chi connectivity index (χ1v) is 3.57. The Labute approximate surface area is 68.7 Å². The third kappa shape index (κ3) is 1.61. The van der Waals surface area contributed by atoms with Crippen LogP contribution in [0.1, 0.15) is 14.5 Å². The average Bonchev–Trinajstić information content (AvgIpc) is 2.03. The molecule has 0 saturated heterocycles. The van der Waals surface area contributed by atoms with Crippen LogP contribution in [0.25, 0.3) is 0 Å². The SMILES string of the molecule is [2H]C([2H])([2H])Sc1ccc(C=O)cc1. The van der Waals surface area contributed by atoms with E-state index in [0.29, 0.717) is 10.5 Å². The lowest BCUT2D eigenvalue weighted by molar-refractivity contribution is 0.112. The van der Waals surface area contributed by atoms with Crippen molar-refractivity contribution in [3.05, 3.63) is 29.8 Å². The number of hydrogen-bond donors (Lipinski definition) is 0. The van der Waals surface area contributed by atoms with Crippen LogP contribution < -0.4 is 0 Å². The van der Waals surface area contributed by atoms with Crippen molar-refractivity contribution in [2.75, 3.05) is 6.18 Å². The summed E-state index contributed by atoms with van der Waals surface area (Å²) in [5, 5.41) is 0. The molecule has 10 heavy (non-hydrogen) atoms. The van der Waals surface area contributed by atoms with E-state index in [2.05, 4.69) is 0 Å². The largest absolute Gasteiger partial charge is 0.298 e. The van der Waals surface area contributed by atoms with Crippen molar-refractivity contribution in [2.24, 2.45) is 0 Å². The van der Waals surface area contributed by atoms with Crippen molar-refractivity contribution in [3.8, 4) is 0 Å². The van der Waals surface area contributed by atoms with Crippen molar-refractivity contribution in [2.45, 2.75) is 4.90 Å². The highest BCUT2D eigenvalue weighted by Crippen LogP contribution is 2.13. The van der Waals surface area contributed by atoms with E-state index < -0.39 is 6.18 Å². The minimum atomic E-state index is -2.03. The molecule has 0 spiro atoms. The summed E-state index contributed by atoms with van der Waals surface area (Å²) >= 11 is 0.804. The van der Waals surface area contributed by atoms with Gasteiger partial charge in [-0.05, 0) is 18.3 Å². The predicted molar refractivity (Wildman–Crippen MR) is 43.6 cm³/mol. The lowest BCUT2D eigenvalue weighted by Gasteiger charge is -1.93. The first-order valence-electron chi connectivity index (χ1n) is 4.25. The number of rotatable bonds is 2. The zero-order chi connectivity index (χ0) is 9.90. The minimum Gasteiger partial charge on any atom is -0.298 e. The van der Waals surface area contributed by atoms with Gasteiger partial charge in [-0.15, -0.1) is 11.8 Å². The lowest BCUT2D eigenvalue weighted by atomic mass is 10.2. The zero-order valence-electron chi connectivity index (χ0n) is 8.20. The molecule has 0 aromatic heterocycles. The fourth-order valence-electron chi connectivity index (χ4n) is 0.614. The molecule has 0 amide bonds. The van der Waals surface area contributed by atoms with Gasteiger partial charge in [-0.2, -0.15) is 0 Å². The van der Waals surface area contributed by atoms with Crippen LogP contribution in [0.5, 0.6) is 0 Å². The molecular formula is C8H8OS. The van der Waals surface area contributed by atoms with E-state index in [1.807, 2.05) is 0 Å². The smallest absolute Gasteiger partial charge is 0.150 e. The van der Waals surface area contributed by atoms with Crippen molar-refractivity contribution in [3.63, 3.8) is 0 Å². The number of aldehydes is 1. The van der Waals surface area contributed by atoms with Gasteiger partial charge in [0.15, 0.2) is 0 Å². The van der Waals surface area contributed by atoms with Crippen LogP contribution in [0.3, 0.4) is 0 Å². The van der Waals surface area contributed by atoms with Gasteiger partial charge >= 0.3 is 0 Å². The van der Waals surface area contributed by atoms with Gasteiger partial charge in [0, 0.05) is 14.6 Å². The Bertz CT molecular complexity index is 291. The van der Waals surface area contributed by atoms with Crippen LogP contribution >= 0.6 is 11.8 Å². The summed E-state index contributed by atoms with van der Waals surface area (Å²) in [5.41, 5.74) is 0.551. The van der Waals surface area contributed by atoms with E-state index in [-0.39, 0.29) is 0 Å². The van der Waals surface area contributed by atoms with Gasteiger partial charge in [-0.25, -0.2) is 0 Å². The Kier molecular flexibility index (Phi) is 1.43. The number of carbonyl (C=O) groups is 1. The summed E-state index contributed by atoms with van der Waals surface area (Å²) in [6, 6.07) is 6.45. The fourth-order valence-corrected chi connectivity index (χ4v) is 0.887. The van der Waals surface area contributed by atoms with Crippen molar-refractivity contribution >= 4 is 18.0 Å². The molecule has 1 nitrogen and oxygen atoms in total. The van der Waals surface area contributed by atoms with Gasteiger partial charge in [0.1, 0.15) is 6.29 Å². The monoisotopic (exact) mass is 155 g/mol. The van der Waals surface area contributed by atoms with E-state index in [1.165, 1.54) is 0 Å². The molecule has 0 heterocycles. The third-order valence-corrected chi connectivity index (χ3v) is 1.64. The Hall–Kier alpha value is -0.760. The highest BCUT2D eigenvalue weighted by molar-refractivity contribution is 7.98. The van der Waals surface area contributed by atoms with E-state index in [9.17, 15) is 4.79 Å². The van der Waals surface area contributed by atoms with Crippen LogP contribution in [0.2, 0.25) is 0 Å². The maximum absolute atomic E-state index is 10.3. The van der Waals surface area contributed by atoms with Crippen LogP contribution in [0, 0.1) is 0 Å². The second-order valence-electron chi connectivity index (χ2n) is 1.79. The molecule has 0 aliphatic rings. The summed E-state index contributed by atoms with van der Waals surface area (Å²) in [4.78, 5) is 10.9. The molecule has 2 heteroatoms. The fraction of sp³-hybridized carbons (Fsp3) is 0.125. The second kappa shape index (κ2) is 3.42. The molecule has 0 atom stereocenters. The molecule has 52 valence electrons. The highest BCUT2D eigenvalue weighted by Gasteiger charge is 1.89. The summed E-state index contributed by atoms with van der Waals surface area (Å²) in [6.07, 6.45) is -1.30. The Morgan fingerprint density at radius 3 is 2.70 bits per heavy atom. The van der Waals surface area contributed by atoms with Gasteiger partial charge < -0.3 is 0 Å². The Morgan fingerprint density at radius 2 is 2.20 bits per heavy atom. The third-order valence-electron chi connectivity index (χ3n) is 1.13. The topological polar surface area (TPSA) is 17.1 Å². The molecule has 0 N–H and O–H groups in total. The van der Waals surface area contributed by atoms with E-state index in [1.54, 1.807) is 24.3 Å². The molecule has 0 radical (unpaired) electrons. The van der Waals surface area contributed by atoms with Crippen LogP contribution in [-0.4, -0.2) is 12.5 Å². The molecule has 1 rings (SSSR count). The first kappa shape index (κ1) is 4.19. The highest BCUT2D eigenvalue weighted by atomic mass is 32.2. The molecular weight excluding hydrogens is 144 g/mol. The van der Waals surface area contributed by atoms with Gasteiger partial charge in [0.2, 0.25) is 0 Å². The quantitative estimate of drug-likeness (QED) is 0.481. The van der Waals surface area contributed by atoms with E-state index >= 15 is 0 Å². The summed E-state index contributed by atoms with van der Waals surface area (Å²) in [6.45, 7) is 0. The zero-order valence-corrected chi connectivity index (χ0v) is 6.02. The van der Waals surface area contributed by atoms with Gasteiger partial charge in [0.05, 0.1) is 0 Å². The number of carbonyl (C=O) groups excluding carboxylic acids is 1. The Morgan fingerprint density at radius 1 is 1.50 bits per heavy atom. The molecule has 1 aromatic carbocycles. The number of hydrogen-bond acceptors (Lipinski definition) is 2. The normalized spacial score (nSPS) is 15.0. The van der Waals surface area contributed by atoms with Crippen LogP contribution in [0.15, 0.2) is 29.2 Å². The lowest BCUT2D eigenvalue weighted by Crippen LogP contribution is -1.76. The molecule has 0 bridgehead atoms. The number of benzene rings is 1. The summed E-state index contributed by atoms with van der Waals surface area (Å²) in [7, 11) is 0. The standard InChI is InChI=1S/C8H8OS/c1-10-8-4-2-7(6-9)3-5-8/h2-6H,1H3/i1D3. The molecule has 0 unspecified atom stereocenters. The maximum atomic E-state index is 10.3. The maximum Gasteiger partial charge on any atom is 0.150 e. The van der Waals surface area contributed by atoms with Crippen LogP contribution in [-0.2, 0) is 0 Å². The molecule has 0 aliphatic heterocycles. The van der Waals surface area contributed by atoms with Crippen molar-refractivity contribution in [1.29, 1.82) is 0 Å². The van der Waals surface area contributed by atoms with E-state index in [0.717, 1.165) is 18.0 Å². The molecule has 0 fully saturated rings. The summed E-state index contributed by atoms with van der Waals surface area (Å²) in [5.74, 6) is 0. The minimum absolute atomic E-state index is 0.551. The predicted octanol–water partition coefficient (Wildman–Crippen LogP) is 2.22. The average molecular weight is 155 g/mol. The molecule has 0 aliphatic carbocycles. The Balaban J connectivity index is 2.75. The molecule has 0 saturated carbocycles. The summed E-state index contributed by atoms with van der Waals surface area (Å²) < 4.78 is 21.0. The first-order chi connectivity index (χ1) is 6.01. The van der Waals surface area contributed by atoms with E-state index in [4.69, 9.17) is 4.11 Å². The number of thioether (sulfide) groups is 1. The van der Waals surface area contributed by atoms with Crippen molar-refractivity contribution < 1.29 is 8.91 Å². The second-order valence-corrected chi connectivity index (χ2v) is 2.46. The molecule has 1 aromatic rings.